The highest BCUT2D eigenvalue weighted by atomic mass is 79.9. The Labute approximate surface area is 125 Å². The fourth-order valence-corrected chi connectivity index (χ4v) is 5.02. The van der Waals surface area contributed by atoms with Crippen molar-refractivity contribution in [1.82, 2.24) is 4.72 Å². The molecule has 0 fully saturated rings. The van der Waals surface area contributed by atoms with Crippen LogP contribution in [0.15, 0.2) is 14.7 Å². The fraction of sp³-hybridized carbons (Fsp3) is 0.444. The fourth-order valence-electron chi connectivity index (χ4n) is 1.06. The Morgan fingerprint density at radius 1 is 1.63 bits per heavy atom. The molecule has 1 heterocycles. The lowest BCUT2D eigenvalue weighted by atomic mass is 10.5. The monoisotopic (exact) mass is 389 g/mol. The molecule has 0 saturated heterocycles. The molecule has 0 aliphatic rings. The van der Waals surface area contributed by atoms with Crippen molar-refractivity contribution in [1.29, 1.82) is 0 Å². The normalized spacial score (nSPS) is 15.1. The Bertz CT molecular complexity index is 609. The Morgan fingerprint density at radius 3 is 2.63 bits per heavy atom. The van der Waals surface area contributed by atoms with Gasteiger partial charge in [-0.3, -0.25) is 4.21 Å². The van der Waals surface area contributed by atoms with Crippen LogP contribution in [0.5, 0.6) is 0 Å². The van der Waals surface area contributed by atoms with Crippen molar-refractivity contribution in [2.75, 3.05) is 12.8 Å². The van der Waals surface area contributed by atoms with Crippen molar-refractivity contribution in [3.8, 4) is 0 Å². The third kappa shape index (κ3) is 4.35. The molecular weight excluding hydrogens is 378 g/mol. The SMILES string of the molecule is CC(CNS(=O)(=O)c1cc(C(=O)O)sc1Br)S(C)=O. The summed E-state index contributed by atoms with van der Waals surface area (Å²) in [5, 5.41) is 8.49. The lowest BCUT2D eigenvalue weighted by Gasteiger charge is -2.09. The zero-order valence-electron chi connectivity index (χ0n) is 10.0. The predicted octanol–water partition coefficient (Wildman–Crippen LogP) is 1.25. The summed E-state index contributed by atoms with van der Waals surface area (Å²) in [6.45, 7) is 1.68. The molecule has 0 bridgehead atoms. The molecule has 0 saturated carbocycles. The van der Waals surface area contributed by atoms with Gasteiger partial charge in [0.05, 0.1) is 3.79 Å². The van der Waals surface area contributed by atoms with Gasteiger partial charge in [-0.25, -0.2) is 17.9 Å². The van der Waals surface area contributed by atoms with Crippen LogP contribution in [0.3, 0.4) is 0 Å². The number of carboxylic acids is 1. The predicted molar refractivity (Wildman–Crippen MR) is 77.7 cm³/mol. The first-order chi connectivity index (χ1) is 8.65. The second kappa shape index (κ2) is 6.44. The molecule has 0 radical (unpaired) electrons. The number of hydrogen-bond donors (Lipinski definition) is 2. The summed E-state index contributed by atoms with van der Waals surface area (Å²) in [4.78, 5) is 10.6. The molecule has 1 aromatic rings. The van der Waals surface area contributed by atoms with E-state index in [1.807, 2.05) is 0 Å². The van der Waals surface area contributed by atoms with Gasteiger partial charge in [0, 0.05) is 28.9 Å². The second-order valence-corrected chi connectivity index (χ2v) is 9.62. The van der Waals surface area contributed by atoms with Crippen LogP contribution in [0.4, 0.5) is 0 Å². The highest BCUT2D eigenvalue weighted by Gasteiger charge is 2.23. The van der Waals surface area contributed by atoms with E-state index in [9.17, 15) is 17.4 Å². The summed E-state index contributed by atoms with van der Waals surface area (Å²) in [5.41, 5.74) is 0. The summed E-state index contributed by atoms with van der Waals surface area (Å²) >= 11 is 3.86. The lowest BCUT2D eigenvalue weighted by molar-refractivity contribution is 0.0702. The average Bonchev–Trinajstić information content (AvgIpc) is 2.69. The summed E-state index contributed by atoms with van der Waals surface area (Å²) in [7, 11) is -4.96. The zero-order valence-corrected chi connectivity index (χ0v) is 14.1. The van der Waals surface area contributed by atoms with E-state index in [-0.39, 0.29) is 25.4 Å². The molecule has 0 aliphatic carbocycles. The Balaban J connectivity index is 2.95. The maximum atomic E-state index is 12.0. The number of hydrogen-bond acceptors (Lipinski definition) is 5. The minimum atomic E-state index is -3.82. The molecule has 0 aliphatic heterocycles. The first kappa shape index (κ1) is 16.8. The highest BCUT2D eigenvalue weighted by molar-refractivity contribution is 9.11. The quantitative estimate of drug-likeness (QED) is 0.762. The van der Waals surface area contributed by atoms with Crippen molar-refractivity contribution >= 4 is 54.1 Å². The number of carbonyl (C=O) groups is 1. The molecule has 2 atom stereocenters. The highest BCUT2D eigenvalue weighted by Crippen LogP contribution is 2.31. The van der Waals surface area contributed by atoms with Gasteiger partial charge in [-0.2, -0.15) is 0 Å². The minimum Gasteiger partial charge on any atom is -0.477 e. The largest absolute Gasteiger partial charge is 0.477 e. The number of aromatic carboxylic acids is 1. The van der Waals surface area contributed by atoms with E-state index in [2.05, 4.69) is 20.7 Å². The van der Waals surface area contributed by atoms with Crippen LogP contribution in [0.2, 0.25) is 0 Å². The second-order valence-electron chi connectivity index (χ2n) is 3.71. The average molecular weight is 390 g/mol. The molecule has 0 spiro atoms. The van der Waals surface area contributed by atoms with E-state index in [0.717, 1.165) is 17.4 Å². The zero-order chi connectivity index (χ0) is 14.8. The van der Waals surface area contributed by atoms with Gasteiger partial charge in [-0.15, -0.1) is 11.3 Å². The molecule has 10 heteroatoms. The molecule has 19 heavy (non-hydrogen) atoms. The van der Waals surface area contributed by atoms with E-state index in [1.54, 1.807) is 6.92 Å². The molecule has 0 aromatic carbocycles. The first-order valence-corrected chi connectivity index (χ1v) is 9.71. The Hall–Kier alpha value is -0.290. The van der Waals surface area contributed by atoms with Crippen LogP contribution in [0.1, 0.15) is 16.6 Å². The lowest BCUT2D eigenvalue weighted by Crippen LogP contribution is -2.32. The van der Waals surface area contributed by atoms with E-state index in [4.69, 9.17) is 5.11 Å². The smallest absolute Gasteiger partial charge is 0.345 e. The molecule has 2 N–H and O–H groups in total. The van der Waals surface area contributed by atoms with Crippen molar-refractivity contribution in [3.05, 3.63) is 14.7 Å². The van der Waals surface area contributed by atoms with Crippen molar-refractivity contribution in [3.63, 3.8) is 0 Å². The number of thiophene rings is 1. The van der Waals surface area contributed by atoms with Gasteiger partial charge in [0.15, 0.2) is 0 Å². The van der Waals surface area contributed by atoms with Gasteiger partial charge in [0.2, 0.25) is 10.0 Å². The number of halogens is 1. The number of nitrogens with one attached hydrogen (secondary N) is 1. The van der Waals surface area contributed by atoms with Gasteiger partial charge in [-0.1, -0.05) is 0 Å². The Morgan fingerprint density at radius 2 is 2.21 bits per heavy atom. The molecule has 1 aromatic heterocycles. The van der Waals surface area contributed by atoms with Gasteiger partial charge in [0.25, 0.3) is 0 Å². The molecule has 1 rings (SSSR count). The molecule has 0 amide bonds. The third-order valence-electron chi connectivity index (χ3n) is 2.28. The van der Waals surface area contributed by atoms with Crippen molar-refractivity contribution in [2.45, 2.75) is 17.1 Å². The summed E-state index contributed by atoms with van der Waals surface area (Å²) < 4.78 is 37.7. The van der Waals surface area contributed by atoms with Crippen molar-refractivity contribution < 1.29 is 22.5 Å². The van der Waals surface area contributed by atoms with Crippen LogP contribution >= 0.6 is 27.3 Å². The standard InChI is InChI=1S/C9H12BrNO5S3/c1-5(18(2)14)4-11-19(15,16)7-3-6(9(12)13)17-8(7)10/h3,5,11H,4H2,1-2H3,(H,12,13). The summed E-state index contributed by atoms with van der Waals surface area (Å²) in [6.07, 6.45) is 1.49. The third-order valence-corrected chi connectivity index (χ3v) is 7.25. The summed E-state index contributed by atoms with van der Waals surface area (Å²) in [6, 6.07) is 1.09. The van der Waals surface area contributed by atoms with E-state index in [1.165, 1.54) is 6.26 Å². The van der Waals surface area contributed by atoms with E-state index in [0.29, 0.717) is 0 Å². The topological polar surface area (TPSA) is 101 Å². The number of carboxylic acid groups (broad SMARTS) is 1. The van der Waals surface area contributed by atoms with E-state index >= 15 is 0 Å². The van der Waals surface area contributed by atoms with Crippen LogP contribution < -0.4 is 4.72 Å². The van der Waals surface area contributed by atoms with Crippen LogP contribution in [-0.4, -0.2) is 41.8 Å². The van der Waals surface area contributed by atoms with Gasteiger partial charge in [-0.05, 0) is 28.9 Å². The van der Waals surface area contributed by atoms with Gasteiger partial charge < -0.3 is 5.11 Å². The number of rotatable bonds is 6. The maximum absolute atomic E-state index is 12.0. The summed E-state index contributed by atoms with van der Waals surface area (Å²) in [5.74, 6) is -1.19. The molecule has 108 valence electrons. The minimum absolute atomic E-state index is 0.0239. The Kier molecular flexibility index (Phi) is 5.68. The van der Waals surface area contributed by atoms with Crippen LogP contribution in [-0.2, 0) is 20.8 Å². The molecule has 2 unspecified atom stereocenters. The van der Waals surface area contributed by atoms with Crippen LogP contribution in [0.25, 0.3) is 0 Å². The molecular formula is C9H12BrNO5S3. The van der Waals surface area contributed by atoms with E-state index < -0.39 is 26.8 Å². The van der Waals surface area contributed by atoms with Gasteiger partial charge >= 0.3 is 5.97 Å². The molecule has 6 nitrogen and oxygen atoms in total. The first-order valence-electron chi connectivity index (χ1n) is 4.99. The van der Waals surface area contributed by atoms with Crippen molar-refractivity contribution in [2.24, 2.45) is 0 Å². The van der Waals surface area contributed by atoms with Gasteiger partial charge in [0.1, 0.15) is 9.77 Å². The maximum Gasteiger partial charge on any atom is 0.345 e. The number of sulfonamides is 1. The van der Waals surface area contributed by atoms with Crippen LogP contribution in [0, 0.1) is 0 Å².